The third-order valence-electron chi connectivity index (χ3n) is 5.39. The summed E-state index contributed by atoms with van der Waals surface area (Å²) in [6, 6.07) is 10.1. The zero-order chi connectivity index (χ0) is 17.6. The summed E-state index contributed by atoms with van der Waals surface area (Å²) in [5.74, 6) is 0.193. The Kier molecular flexibility index (Phi) is 7.50. The molecule has 0 aromatic heterocycles. The van der Waals surface area contributed by atoms with Gasteiger partial charge in [0.15, 0.2) is 0 Å². The Bertz CT molecular complexity index is 456. The Morgan fingerprint density at radius 3 is 1.82 bits per heavy atom. The summed E-state index contributed by atoms with van der Waals surface area (Å²) in [7, 11) is 0. The predicted octanol–water partition coefficient (Wildman–Crippen LogP) is 5.65. The van der Waals surface area contributed by atoms with Crippen molar-refractivity contribution in [2.24, 2.45) is 10.8 Å². The van der Waals surface area contributed by atoms with Crippen LogP contribution in [0.4, 0.5) is 0 Å². The maximum atomic E-state index is 12.0. The van der Waals surface area contributed by atoms with E-state index < -0.39 is 11.0 Å². The van der Waals surface area contributed by atoms with Crippen LogP contribution >= 0.6 is 0 Å². The molecule has 0 N–H and O–H groups in total. The number of hydrogen-bond acceptors (Lipinski definition) is 2. The minimum absolute atomic E-state index is 0.193. The standard InChI is InChI=1S/C18H28O2.C2H6/c1-14(19)16(2,3)17(4,5)18(6,7)20-13-15-11-9-8-10-12-15;1-2/h8-12H,13H2,1-7H3;1-2H3. The monoisotopic (exact) mass is 306 g/mol. The fourth-order valence-corrected chi connectivity index (χ4v) is 2.21. The lowest BCUT2D eigenvalue weighted by atomic mass is 9.58. The molecule has 22 heavy (non-hydrogen) atoms. The highest BCUT2D eigenvalue weighted by Gasteiger charge is 2.51. The average molecular weight is 306 g/mol. The number of benzene rings is 1. The van der Waals surface area contributed by atoms with Gasteiger partial charge in [-0.15, -0.1) is 0 Å². The quantitative estimate of drug-likeness (QED) is 0.679. The lowest BCUT2D eigenvalue weighted by Crippen LogP contribution is -2.53. The molecule has 2 heteroatoms. The first kappa shape index (κ1) is 20.9. The molecule has 0 amide bonds. The van der Waals surface area contributed by atoms with Crippen LogP contribution in [0.15, 0.2) is 30.3 Å². The number of rotatable bonds is 6. The fourth-order valence-electron chi connectivity index (χ4n) is 2.21. The fraction of sp³-hybridized carbons (Fsp3) is 0.650. The van der Waals surface area contributed by atoms with Gasteiger partial charge >= 0.3 is 0 Å². The minimum Gasteiger partial charge on any atom is -0.370 e. The second-order valence-corrected chi connectivity index (χ2v) is 7.09. The Balaban J connectivity index is 0.00000211. The maximum Gasteiger partial charge on any atom is 0.136 e. The molecule has 0 saturated heterocycles. The summed E-state index contributed by atoms with van der Waals surface area (Å²) in [5.41, 5.74) is 0.0308. The van der Waals surface area contributed by atoms with Crippen LogP contribution in [0.2, 0.25) is 0 Å². The Morgan fingerprint density at radius 2 is 1.41 bits per heavy atom. The van der Waals surface area contributed by atoms with E-state index in [4.69, 9.17) is 4.74 Å². The summed E-state index contributed by atoms with van der Waals surface area (Å²) < 4.78 is 6.16. The van der Waals surface area contributed by atoms with Gasteiger partial charge in [-0.25, -0.2) is 0 Å². The summed E-state index contributed by atoms with van der Waals surface area (Å²) in [5, 5.41) is 0. The third kappa shape index (κ3) is 4.42. The highest BCUT2D eigenvalue weighted by atomic mass is 16.5. The van der Waals surface area contributed by atoms with Crippen LogP contribution in [0.25, 0.3) is 0 Å². The van der Waals surface area contributed by atoms with Gasteiger partial charge in [0.25, 0.3) is 0 Å². The van der Waals surface area contributed by atoms with E-state index in [1.807, 2.05) is 45.9 Å². The molecule has 1 aromatic rings. The smallest absolute Gasteiger partial charge is 0.136 e. The molecule has 0 heterocycles. The van der Waals surface area contributed by atoms with E-state index in [1.165, 1.54) is 0 Å². The number of ketones is 1. The van der Waals surface area contributed by atoms with Gasteiger partial charge < -0.3 is 4.74 Å². The van der Waals surface area contributed by atoms with E-state index >= 15 is 0 Å². The van der Waals surface area contributed by atoms with Crippen LogP contribution < -0.4 is 0 Å². The van der Waals surface area contributed by atoms with Crippen molar-refractivity contribution in [2.45, 2.75) is 74.5 Å². The molecule has 1 rings (SSSR count). The Morgan fingerprint density at radius 1 is 0.955 bits per heavy atom. The van der Waals surface area contributed by atoms with E-state index in [9.17, 15) is 4.79 Å². The molecule has 0 saturated carbocycles. The van der Waals surface area contributed by atoms with Crippen LogP contribution in [0.5, 0.6) is 0 Å². The van der Waals surface area contributed by atoms with Crippen molar-refractivity contribution in [3.8, 4) is 0 Å². The first-order valence-electron chi connectivity index (χ1n) is 8.21. The van der Waals surface area contributed by atoms with Crippen molar-refractivity contribution in [2.75, 3.05) is 0 Å². The van der Waals surface area contributed by atoms with E-state index in [0.717, 1.165) is 5.56 Å². The van der Waals surface area contributed by atoms with Crippen LogP contribution in [-0.4, -0.2) is 11.4 Å². The molecule has 0 aliphatic rings. The van der Waals surface area contributed by atoms with Crippen molar-refractivity contribution in [1.29, 1.82) is 0 Å². The van der Waals surface area contributed by atoms with Crippen LogP contribution in [0, 0.1) is 10.8 Å². The minimum atomic E-state index is -0.437. The molecule has 0 spiro atoms. The molecule has 0 unspecified atom stereocenters. The lowest BCUT2D eigenvalue weighted by Gasteiger charge is -2.50. The van der Waals surface area contributed by atoms with Gasteiger partial charge in [-0.1, -0.05) is 71.9 Å². The van der Waals surface area contributed by atoms with Crippen molar-refractivity contribution in [1.82, 2.24) is 0 Å². The Labute approximate surface area is 137 Å². The molecule has 0 radical (unpaired) electrons. The molecule has 0 aliphatic heterocycles. The largest absolute Gasteiger partial charge is 0.370 e. The number of Topliss-reactive ketones (excluding diaryl/α,β-unsaturated/α-hetero) is 1. The zero-order valence-electron chi connectivity index (χ0n) is 15.9. The molecule has 0 atom stereocenters. The summed E-state index contributed by atoms with van der Waals surface area (Å²) in [6.07, 6.45) is 0. The highest BCUT2D eigenvalue weighted by molar-refractivity contribution is 5.82. The highest BCUT2D eigenvalue weighted by Crippen LogP contribution is 2.49. The van der Waals surface area contributed by atoms with Gasteiger partial charge in [0.2, 0.25) is 0 Å². The molecule has 1 aromatic carbocycles. The number of ether oxygens (including phenoxy) is 1. The van der Waals surface area contributed by atoms with Gasteiger partial charge in [0.05, 0.1) is 12.2 Å². The Hall–Kier alpha value is -1.15. The summed E-state index contributed by atoms with van der Waals surface area (Å²) in [4.78, 5) is 12.0. The van der Waals surface area contributed by atoms with Gasteiger partial charge in [-0.05, 0) is 26.3 Å². The van der Waals surface area contributed by atoms with Crippen molar-refractivity contribution < 1.29 is 9.53 Å². The zero-order valence-corrected chi connectivity index (χ0v) is 15.9. The molecule has 0 fully saturated rings. The lowest BCUT2D eigenvalue weighted by molar-refractivity contribution is -0.165. The summed E-state index contributed by atoms with van der Waals surface area (Å²) >= 11 is 0. The van der Waals surface area contributed by atoms with Gasteiger partial charge in [0, 0.05) is 10.8 Å². The first-order valence-corrected chi connectivity index (χ1v) is 8.21. The predicted molar refractivity (Wildman–Crippen MR) is 94.9 cm³/mol. The van der Waals surface area contributed by atoms with E-state index in [2.05, 4.69) is 39.8 Å². The SMILES string of the molecule is CC.CC(=O)C(C)(C)C(C)(C)C(C)(C)OCc1ccccc1. The second-order valence-electron chi connectivity index (χ2n) is 7.09. The average Bonchev–Trinajstić information content (AvgIpc) is 2.48. The molecule has 0 aliphatic carbocycles. The van der Waals surface area contributed by atoms with E-state index in [1.54, 1.807) is 6.92 Å². The van der Waals surface area contributed by atoms with Crippen LogP contribution in [0.1, 0.15) is 67.9 Å². The topological polar surface area (TPSA) is 26.3 Å². The number of carbonyl (C=O) groups is 1. The molecule has 0 bridgehead atoms. The van der Waals surface area contributed by atoms with Crippen molar-refractivity contribution in [3.05, 3.63) is 35.9 Å². The molecular formula is C20H34O2. The van der Waals surface area contributed by atoms with E-state index in [-0.39, 0.29) is 11.2 Å². The third-order valence-corrected chi connectivity index (χ3v) is 5.39. The first-order chi connectivity index (χ1) is 10.0. The van der Waals surface area contributed by atoms with Gasteiger partial charge in [0.1, 0.15) is 5.78 Å². The second kappa shape index (κ2) is 7.92. The van der Waals surface area contributed by atoms with E-state index in [0.29, 0.717) is 6.61 Å². The van der Waals surface area contributed by atoms with Crippen LogP contribution in [0.3, 0.4) is 0 Å². The number of hydrogen-bond donors (Lipinski definition) is 0. The van der Waals surface area contributed by atoms with Crippen molar-refractivity contribution in [3.63, 3.8) is 0 Å². The van der Waals surface area contributed by atoms with Gasteiger partial charge in [-0.2, -0.15) is 0 Å². The maximum absolute atomic E-state index is 12.0. The molecular weight excluding hydrogens is 272 g/mol. The number of carbonyl (C=O) groups excluding carboxylic acids is 1. The van der Waals surface area contributed by atoms with Crippen LogP contribution in [-0.2, 0) is 16.1 Å². The van der Waals surface area contributed by atoms with Gasteiger partial charge in [-0.3, -0.25) is 4.79 Å². The normalized spacial score (nSPS) is 12.4. The molecule has 126 valence electrons. The van der Waals surface area contributed by atoms with Crippen molar-refractivity contribution >= 4 is 5.78 Å². The summed E-state index contributed by atoms with van der Waals surface area (Å²) in [6.45, 7) is 18.6. The molecule has 2 nitrogen and oxygen atoms in total.